The van der Waals surface area contributed by atoms with Gasteiger partial charge in [0.25, 0.3) is 0 Å². The SMILES string of the molecule is CCNCC(C)Oc1ccc(-c2ccn3c(-c4cccc(NC(=O)NCC(F)(F)F)c4)cnc3c2)nn1. The number of ether oxygens (including phenoxy) is 1. The summed E-state index contributed by atoms with van der Waals surface area (Å²) >= 11 is 0. The number of urea groups is 1. The van der Waals surface area contributed by atoms with E-state index >= 15 is 0 Å². The van der Waals surface area contributed by atoms with Crippen molar-refractivity contribution in [1.82, 2.24) is 30.2 Å². The van der Waals surface area contributed by atoms with Crippen LogP contribution in [0.25, 0.3) is 28.2 Å². The molecular weight excluding hydrogens is 487 g/mol. The first-order valence-electron chi connectivity index (χ1n) is 11.6. The summed E-state index contributed by atoms with van der Waals surface area (Å²) in [7, 11) is 0. The van der Waals surface area contributed by atoms with Gasteiger partial charge in [-0.3, -0.25) is 4.40 Å². The summed E-state index contributed by atoms with van der Waals surface area (Å²) < 4.78 is 44.6. The number of nitrogens with one attached hydrogen (secondary N) is 3. The van der Waals surface area contributed by atoms with E-state index in [1.807, 2.05) is 48.7 Å². The van der Waals surface area contributed by atoms with E-state index in [2.05, 4.69) is 25.8 Å². The van der Waals surface area contributed by atoms with E-state index in [0.29, 0.717) is 29.5 Å². The maximum Gasteiger partial charge on any atom is 0.405 e. The molecule has 1 unspecified atom stereocenters. The molecule has 3 aromatic heterocycles. The molecule has 2 amide bonds. The number of pyridine rings is 1. The van der Waals surface area contributed by atoms with Gasteiger partial charge in [-0.05, 0) is 43.8 Å². The van der Waals surface area contributed by atoms with Crippen molar-refractivity contribution in [3.05, 3.63) is 60.9 Å². The lowest BCUT2D eigenvalue weighted by atomic mass is 10.1. The zero-order chi connectivity index (χ0) is 26.4. The fraction of sp³-hybridized carbons (Fsp3) is 0.280. The Labute approximate surface area is 211 Å². The van der Waals surface area contributed by atoms with E-state index in [-0.39, 0.29) is 6.10 Å². The zero-order valence-corrected chi connectivity index (χ0v) is 20.2. The van der Waals surface area contributed by atoms with Gasteiger partial charge in [0, 0.05) is 35.6 Å². The number of halogens is 3. The number of carbonyl (C=O) groups is 1. The van der Waals surface area contributed by atoms with Crippen molar-refractivity contribution in [3.8, 4) is 28.4 Å². The molecule has 0 radical (unpaired) electrons. The fourth-order valence-corrected chi connectivity index (χ4v) is 3.60. The molecular formula is C25H26F3N7O2. The van der Waals surface area contributed by atoms with Crippen LogP contribution in [0, 0.1) is 0 Å². The van der Waals surface area contributed by atoms with Crippen LogP contribution < -0.4 is 20.7 Å². The Kier molecular flexibility index (Phi) is 7.87. The number of anilines is 1. The summed E-state index contributed by atoms with van der Waals surface area (Å²) in [6.45, 7) is 4.15. The highest BCUT2D eigenvalue weighted by Gasteiger charge is 2.27. The molecule has 37 heavy (non-hydrogen) atoms. The van der Waals surface area contributed by atoms with Gasteiger partial charge >= 0.3 is 12.2 Å². The molecule has 0 saturated heterocycles. The Balaban J connectivity index is 1.48. The third-order valence-electron chi connectivity index (χ3n) is 5.32. The van der Waals surface area contributed by atoms with Gasteiger partial charge in [0.15, 0.2) is 0 Å². The Bertz CT molecular complexity index is 1360. The quantitative estimate of drug-likeness (QED) is 0.304. The van der Waals surface area contributed by atoms with E-state index in [1.54, 1.807) is 35.8 Å². The predicted molar refractivity (Wildman–Crippen MR) is 133 cm³/mol. The molecule has 3 heterocycles. The lowest BCUT2D eigenvalue weighted by Gasteiger charge is -2.13. The molecule has 4 aromatic rings. The summed E-state index contributed by atoms with van der Waals surface area (Å²) in [6.07, 6.45) is -1.01. The maximum atomic E-state index is 12.3. The highest BCUT2D eigenvalue weighted by molar-refractivity contribution is 5.90. The number of nitrogens with zero attached hydrogens (tertiary/aromatic N) is 4. The van der Waals surface area contributed by atoms with Crippen molar-refractivity contribution in [1.29, 1.82) is 0 Å². The van der Waals surface area contributed by atoms with Gasteiger partial charge in [-0.25, -0.2) is 9.78 Å². The first kappa shape index (κ1) is 25.9. The Morgan fingerprint density at radius 2 is 1.95 bits per heavy atom. The van der Waals surface area contributed by atoms with Gasteiger partial charge in [-0.15, -0.1) is 10.2 Å². The summed E-state index contributed by atoms with van der Waals surface area (Å²) in [5.41, 5.74) is 3.96. The monoisotopic (exact) mass is 513 g/mol. The number of rotatable bonds is 9. The third-order valence-corrected chi connectivity index (χ3v) is 5.32. The summed E-state index contributed by atoms with van der Waals surface area (Å²) in [5.74, 6) is 0.443. The number of aromatic nitrogens is 4. The van der Waals surface area contributed by atoms with E-state index in [0.717, 1.165) is 23.4 Å². The van der Waals surface area contributed by atoms with Crippen molar-refractivity contribution in [2.75, 3.05) is 25.0 Å². The van der Waals surface area contributed by atoms with Crippen LogP contribution in [-0.2, 0) is 0 Å². The topological polar surface area (TPSA) is 105 Å². The van der Waals surface area contributed by atoms with E-state index < -0.39 is 18.8 Å². The van der Waals surface area contributed by atoms with Crippen LogP contribution in [0.2, 0.25) is 0 Å². The van der Waals surface area contributed by atoms with Crippen molar-refractivity contribution in [2.45, 2.75) is 26.1 Å². The van der Waals surface area contributed by atoms with Gasteiger partial charge in [0.05, 0.1) is 17.6 Å². The average Bonchev–Trinajstić information content (AvgIpc) is 3.30. The largest absolute Gasteiger partial charge is 0.472 e. The van der Waals surface area contributed by atoms with Crippen molar-refractivity contribution >= 4 is 17.4 Å². The first-order chi connectivity index (χ1) is 17.7. The van der Waals surface area contributed by atoms with E-state index in [9.17, 15) is 18.0 Å². The molecule has 3 N–H and O–H groups in total. The molecule has 0 aliphatic carbocycles. The second-order valence-electron chi connectivity index (χ2n) is 8.28. The van der Waals surface area contributed by atoms with Crippen LogP contribution in [0.15, 0.2) is 60.9 Å². The second-order valence-corrected chi connectivity index (χ2v) is 8.28. The number of likely N-dealkylation sites (N-methyl/N-ethyl adjacent to an activating group) is 1. The number of alkyl halides is 3. The minimum atomic E-state index is -4.49. The smallest absolute Gasteiger partial charge is 0.405 e. The molecule has 0 spiro atoms. The molecule has 194 valence electrons. The standard InChI is InChI=1S/C25H26F3N7O2/c1-3-29-13-16(2)37-23-8-7-20(33-34-23)17-9-10-35-21(14-30-22(35)12-17)18-5-4-6-19(11-18)32-24(36)31-15-25(26,27)28/h4-12,14,16,29H,3,13,15H2,1-2H3,(H2,31,32,36). The molecule has 0 aliphatic rings. The van der Waals surface area contributed by atoms with Gasteiger partial charge in [0.2, 0.25) is 5.88 Å². The van der Waals surface area contributed by atoms with Gasteiger partial charge < -0.3 is 20.7 Å². The second kappa shape index (κ2) is 11.2. The molecule has 0 bridgehead atoms. The summed E-state index contributed by atoms with van der Waals surface area (Å²) in [4.78, 5) is 16.3. The van der Waals surface area contributed by atoms with Crippen molar-refractivity contribution in [2.24, 2.45) is 0 Å². The van der Waals surface area contributed by atoms with Gasteiger partial charge in [-0.2, -0.15) is 13.2 Å². The lowest BCUT2D eigenvalue weighted by Crippen LogP contribution is -2.36. The molecule has 1 aromatic carbocycles. The number of benzene rings is 1. The fourth-order valence-electron chi connectivity index (χ4n) is 3.60. The summed E-state index contributed by atoms with van der Waals surface area (Å²) in [6, 6.07) is 13.2. The highest BCUT2D eigenvalue weighted by atomic mass is 19.4. The van der Waals surface area contributed by atoms with Gasteiger partial charge in [-0.1, -0.05) is 19.1 Å². The van der Waals surface area contributed by atoms with E-state index in [1.165, 1.54) is 0 Å². The van der Waals surface area contributed by atoms with Gasteiger partial charge in [0.1, 0.15) is 18.3 Å². The third kappa shape index (κ3) is 6.94. The number of carbonyl (C=O) groups excluding carboxylic acids is 1. The number of imidazole rings is 1. The van der Waals surface area contributed by atoms with E-state index in [4.69, 9.17) is 4.74 Å². The lowest BCUT2D eigenvalue weighted by molar-refractivity contribution is -0.122. The van der Waals surface area contributed by atoms with Crippen LogP contribution >= 0.6 is 0 Å². The molecule has 0 aliphatic heterocycles. The zero-order valence-electron chi connectivity index (χ0n) is 20.2. The molecule has 4 rings (SSSR count). The molecule has 0 saturated carbocycles. The Hall–Kier alpha value is -4.19. The highest BCUT2D eigenvalue weighted by Crippen LogP contribution is 2.26. The summed E-state index contributed by atoms with van der Waals surface area (Å²) in [5, 5.41) is 15.9. The van der Waals surface area contributed by atoms with Crippen LogP contribution in [0.3, 0.4) is 0 Å². The first-order valence-corrected chi connectivity index (χ1v) is 11.6. The van der Waals surface area contributed by atoms with Crippen molar-refractivity contribution < 1.29 is 22.7 Å². The maximum absolute atomic E-state index is 12.3. The Morgan fingerprint density at radius 1 is 1.11 bits per heavy atom. The molecule has 0 fully saturated rings. The number of hydrogen-bond acceptors (Lipinski definition) is 6. The molecule has 12 heteroatoms. The minimum Gasteiger partial charge on any atom is -0.472 e. The molecule has 9 nitrogen and oxygen atoms in total. The van der Waals surface area contributed by atoms with Crippen molar-refractivity contribution in [3.63, 3.8) is 0 Å². The normalized spacial score (nSPS) is 12.4. The number of fused-ring (bicyclic) bond motifs is 1. The van der Waals surface area contributed by atoms with Crippen LogP contribution in [-0.4, -0.2) is 57.5 Å². The minimum absolute atomic E-state index is 0.0391. The number of hydrogen-bond donors (Lipinski definition) is 3. The Morgan fingerprint density at radius 3 is 2.68 bits per heavy atom. The average molecular weight is 514 g/mol. The van der Waals surface area contributed by atoms with Crippen LogP contribution in [0.1, 0.15) is 13.8 Å². The van der Waals surface area contributed by atoms with Crippen LogP contribution in [0.5, 0.6) is 5.88 Å². The number of amides is 2. The van der Waals surface area contributed by atoms with Crippen LogP contribution in [0.4, 0.5) is 23.7 Å². The predicted octanol–water partition coefficient (Wildman–Crippen LogP) is 4.52. The molecule has 1 atom stereocenters.